The fraction of sp³-hybridized carbons (Fsp3) is 0.696. The number of hydrogen-bond acceptors (Lipinski definition) is 4. The van der Waals surface area contributed by atoms with E-state index in [0.717, 1.165) is 68.4 Å². The number of β-amino-alcohol motifs (C(OH)–C–C–N with tert-alkyl or cyclic N) is 1. The summed E-state index contributed by atoms with van der Waals surface area (Å²) in [6.07, 6.45) is 7.92. The maximum atomic E-state index is 13.0. The van der Waals surface area contributed by atoms with E-state index in [1.165, 1.54) is 32.1 Å². The van der Waals surface area contributed by atoms with Crippen molar-refractivity contribution in [3.8, 4) is 0 Å². The third-order valence-electron chi connectivity index (χ3n) is 7.02. The number of piperazine rings is 1. The van der Waals surface area contributed by atoms with Gasteiger partial charge in [0.25, 0.3) is 0 Å². The lowest BCUT2D eigenvalue weighted by atomic mass is 9.94. The fourth-order valence-corrected chi connectivity index (χ4v) is 5.49. The Morgan fingerprint density at radius 3 is 2.45 bits per heavy atom. The Morgan fingerprint density at radius 2 is 1.76 bits per heavy atom. The van der Waals surface area contributed by atoms with Gasteiger partial charge >= 0.3 is 0 Å². The molecule has 2 saturated heterocycles. The quantitative estimate of drug-likeness (QED) is 0.769. The van der Waals surface area contributed by atoms with E-state index in [2.05, 4.69) is 32.9 Å². The maximum absolute atomic E-state index is 13.0. The van der Waals surface area contributed by atoms with Crippen LogP contribution in [0.15, 0.2) is 18.2 Å². The number of benzene rings is 1. The molecule has 5 nitrogen and oxygen atoms in total. The summed E-state index contributed by atoms with van der Waals surface area (Å²) in [6, 6.07) is 6.82. The fourth-order valence-electron chi connectivity index (χ4n) is 5.24. The average Bonchev–Trinajstić information content (AvgIpc) is 3.11. The van der Waals surface area contributed by atoms with Gasteiger partial charge in [0.2, 0.25) is 5.91 Å². The van der Waals surface area contributed by atoms with E-state index in [4.69, 9.17) is 16.7 Å². The summed E-state index contributed by atoms with van der Waals surface area (Å²) in [5.74, 6) is 0.430. The lowest BCUT2D eigenvalue weighted by molar-refractivity contribution is -0.133. The number of aliphatic hydroxyl groups excluding tert-OH is 1. The molecule has 3 fully saturated rings. The number of carbonyl (C=O) groups is 1. The van der Waals surface area contributed by atoms with Gasteiger partial charge in [-0.25, -0.2) is 0 Å². The Kier molecular flexibility index (Phi) is 6.99. The highest BCUT2D eigenvalue weighted by atomic mass is 35.5. The summed E-state index contributed by atoms with van der Waals surface area (Å²) < 4.78 is 0. The number of amides is 1. The molecule has 1 N–H and O–H groups in total. The van der Waals surface area contributed by atoms with Crippen molar-refractivity contribution in [1.29, 1.82) is 0 Å². The van der Waals surface area contributed by atoms with Gasteiger partial charge in [0.1, 0.15) is 0 Å². The highest BCUT2D eigenvalue weighted by Gasteiger charge is 2.36. The summed E-state index contributed by atoms with van der Waals surface area (Å²) >= 11 is 6.64. The molecule has 4 rings (SSSR count). The van der Waals surface area contributed by atoms with Gasteiger partial charge in [-0.2, -0.15) is 0 Å². The Hall–Kier alpha value is -1.30. The number of rotatable bonds is 6. The lowest BCUT2D eigenvalue weighted by Gasteiger charge is -2.36. The van der Waals surface area contributed by atoms with Crippen molar-refractivity contribution in [3.63, 3.8) is 0 Å². The third kappa shape index (κ3) is 4.89. The van der Waals surface area contributed by atoms with Crippen LogP contribution in [0.2, 0.25) is 5.02 Å². The zero-order valence-electron chi connectivity index (χ0n) is 17.4. The number of likely N-dealkylation sites (tertiary alicyclic amines) is 1. The number of halogens is 1. The van der Waals surface area contributed by atoms with Crippen molar-refractivity contribution in [1.82, 2.24) is 9.80 Å². The predicted molar refractivity (Wildman–Crippen MR) is 118 cm³/mol. The van der Waals surface area contributed by atoms with E-state index in [1.54, 1.807) is 0 Å². The monoisotopic (exact) mass is 419 g/mol. The Morgan fingerprint density at radius 1 is 1.00 bits per heavy atom. The average molecular weight is 420 g/mol. The van der Waals surface area contributed by atoms with Crippen LogP contribution in [0.5, 0.6) is 0 Å². The molecule has 3 aliphatic rings. The molecule has 160 valence electrons. The Balaban J connectivity index is 1.35. The molecule has 0 radical (unpaired) electrons. The minimum absolute atomic E-state index is 0.0855. The van der Waals surface area contributed by atoms with E-state index < -0.39 is 0 Å². The highest BCUT2D eigenvalue weighted by molar-refractivity contribution is 6.31. The van der Waals surface area contributed by atoms with Crippen LogP contribution in [0.25, 0.3) is 0 Å². The molecule has 1 aromatic rings. The van der Waals surface area contributed by atoms with Crippen LogP contribution in [0.3, 0.4) is 0 Å². The van der Waals surface area contributed by atoms with Gasteiger partial charge in [0.15, 0.2) is 0 Å². The predicted octanol–water partition coefficient (Wildman–Crippen LogP) is 3.18. The second-order valence-corrected chi connectivity index (χ2v) is 9.25. The SMILES string of the molecule is O=C1C(Cc2ccc(N3CCN(CCO)CC3)cc2Cl)CCN1C1CCCCC1. The minimum Gasteiger partial charge on any atom is -0.395 e. The first kappa shape index (κ1) is 21.0. The Labute approximate surface area is 179 Å². The number of anilines is 1. The standard InChI is InChI=1S/C23H34ClN3O2/c24-22-17-21(26-12-10-25(11-13-26)14-15-28)7-6-18(22)16-19-8-9-27(23(19)29)20-4-2-1-3-5-20/h6-7,17,19-20,28H,1-5,8-16H2. The van der Waals surface area contributed by atoms with Gasteiger partial charge in [-0.1, -0.05) is 36.9 Å². The van der Waals surface area contributed by atoms with Crippen molar-refractivity contribution in [2.24, 2.45) is 5.92 Å². The van der Waals surface area contributed by atoms with Gasteiger partial charge in [-0.3, -0.25) is 9.69 Å². The molecule has 1 amide bonds. The van der Waals surface area contributed by atoms with Crippen molar-refractivity contribution in [2.75, 3.05) is 50.8 Å². The second kappa shape index (κ2) is 9.67. The highest BCUT2D eigenvalue weighted by Crippen LogP contribution is 2.32. The van der Waals surface area contributed by atoms with Crippen LogP contribution < -0.4 is 4.90 Å². The van der Waals surface area contributed by atoms with Crippen LogP contribution in [0.1, 0.15) is 44.1 Å². The molecule has 0 bridgehead atoms. The molecule has 6 heteroatoms. The van der Waals surface area contributed by atoms with Crippen LogP contribution in [0, 0.1) is 5.92 Å². The van der Waals surface area contributed by atoms with Gasteiger partial charge in [-0.15, -0.1) is 0 Å². The van der Waals surface area contributed by atoms with Crippen molar-refractivity contribution >= 4 is 23.2 Å². The molecule has 0 spiro atoms. The molecule has 2 aliphatic heterocycles. The third-order valence-corrected chi connectivity index (χ3v) is 7.37. The zero-order chi connectivity index (χ0) is 20.2. The first-order valence-corrected chi connectivity index (χ1v) is 11.7. The lowest BCUT2D eigenvalue weighted by Crippen LogP contribution is -2.47. The molecule has 1 aliphatic carbocycles. The molecule has 0 aromatic heterocycles. The van der Waals surface area contributed by atoms with Gasteiger partial charge in [0.05, 0.1) is 6.61 Å². The molecule has 1 saturated carbocycles. The zero-order valence-corrected chi connectivity index (χ0v) is 18.1. The second-order valence-electron chi connectivity index (χ2n) is 8.84. The molecule has 1 atom stereocenters. The maximum Gasteiger partial charge on any atom is 0.226 e. The number of nitrogens with zero attached hydrogens (tertiary/aromatic N) is 3. The topological polar surface area (TPSA) is 47.0 Å². The van der Waals surface area contributed by atoms with Crippen molar-refractivity contribution < 1.29 is 9.90 Å². The van der Waals surface area contributed by atoms with E-state index in [0.29, 0.717) is 11.9 Å². The molecule has 1 unspecified atom stereocenters. The van der Waals surface area contributed by atoms with E-state index in [-0.39, 0.29) is 12.5 Å². The summed E-state index contributed by atoms with van der Waals surface area (Å²) in [6.45, 7) is 5.72. The van der Waals surface area contributed by atoms with Gasteiger partial charge in [0, 0.05) is 61.9 Å². The summed E-state index contributed by atoms with van der Waals surface area (Å²) in [4.78, 5) is 19.8. The van der Waals surface area contributed by atoms with Crippen molar-refractivity contribution in [2.45, 2.75) is 51.0 Å². The summed E-state index contributed by atoms with van der Waals surface area (Å²) in [5, 5.41) is 9.88. The number of hydrogen-bond donors (Lipinski definition) is 1. The largest absolute Gasteiger partial charge is 0.395 e. The number of carbonyl (C=O) groups excluding carboxylic acids is 1. The normalized spacial score (nSPS) is 24.5. The number of aliphatic hydroxyl groups is 1. The minimum atomic E-state index is 0.0855. The molecule has 29 heavy (non-hydrogen) atoms. The van der Waals surface area contributed by atoms with Crippen LogP contribution in [0.4, 0.5) is 5.69 Å². The van der Waals surface area contributed by atoms with E-state index >= 15 is 0 Å². The van der Waals surface area contributed by atoms with Gasteiger partial charge < -0.3 is 14.9 Å². The Bertz CT molecular complexity index is 699. The van der Waals surface area contributed by atoms with Crippen LogP contribution in [-0.4, -0.2) is 72.7 Å². The summed E-state index contributed by atoms with van der Waals surface area (Å²) in [5.41, 5.74) is 2.25. The van der Waals surface area contributed by atoms with Crippen LogP contribution in [-0.2, 0) is 11.2 Å². The molecule has 1 aromatic carbocycles. The summed E-state index contributed by atoms with van der Waals surface area (Å²) in [7, 11) is 0. The van der Waals surface area contributed by atoms with E-state index in [9.17, 15) is 4.79 Å². The first-order chi connectivity index (χ1) is 14.2. The molecular formula is C23H34ClN3O2. The van der Waals surface area contributed by atoms with Gasteiger partial charge in [-0.05, 0) is 43.4 Å². The first-order valence-electron chi connectivity index (χ1n) is 11.3. The smallest absolute Gasteiger partial charge is 0.226 e. The van der Waals surface area contributed by atoms with Crippen LogP contribution >= 0.6 is 11.6 Å². The van der Waals surface area contributed by atoms with E-state index in [1.807, 2.05) is 0 Å². The van der Waals surface area contributed by atoms with Crippen molar-refractivity contribution in [3.05, 3.63) is 28.8 Å². The molecule has 2 heterocycles. The molecular weight excluding hydrogens is 386 g/mol.